The summed E-state index contributed by atoms with van der Waals surface area (Å²) in [6.45, 7) is 1.03. The smallest absolute Gasteiger partial charge is 0.224 e. The SMILES string of the molecule is CNc1ccnc(NCC2CC23CCCCC3)n1. The fourth-order valence-corrected chi connectivity index (χ4v) is 3.39. The van der Waals surface area contributed by atoms with E-state index in [2.05, 4.69) is 20.6 Å². The third-order valence-corrected chi connectivity index (χ3v) is 4.63. The Kier molecular flexibility index (Phi) is 3.10. The van der Waals surface area contributed by atoms with Crippen LogP contribution in [0.3, 0.4) is 0 Å². The monoisotopic (exact) mass is 246 g/mol. The standard InChI is InChI=1S/C14H22N4/c1-15-12-5-8-16-13(18-12)17-10-11-9-14(11)6-3-2-4-7-14/h5,8,11H,2-4,6-7,9-10H2,1H3,(H2,15,16,17,18). The molecule has 2 fully saturated rings. The van der Waals surface area contributed by atoms with Gasteiger partial charge in [-0.15, -0.1) is 0 Å². The molecule has 2 saturated carbocycles. The first-order valence-electron chi connectivity index (χ1n) is 7.07. The molecule has 4 nitrogen and oxygen atoms in total. The predicted octanol–water partition coefficient (Wildman–Crippen LogP) is 2.90. The summed E-state index contributed by atoms with van der Waals surface area (Å²) in [5.74, 6) is 2.47. The molecule has 1 heterocycles. The van der Waals surface area contributed by atoms with E-state index < -0.39 is 0 Å². The van der Waals surface area contributed by atoms with Gasteiger partial charge in [-0.05, 0) is 36.7 Å². The molecule has 1 spiro atoms. The molecule has 98 valence electrons. The number of aromatic nitrogens is 2. The molecule has 18 heavy (non-hydrogen) atoms. The summed E-state index contributed by atoms with van der Waals surface area (Å²) in [5.41, 5.74) is 0.686. The van der Waals surface area contributed by atoms with Crippen molar-refractivity contribution in [3.05, 3.63) is 12.3 Å². The van der Waals surface area contributed by atoms with Gasteiger partial charge in [0.1, 0.15) is 5.82 Å². The maximum atomic E-state index is 4.39. The highest BCUT2D eigenvalue weighted by atomic mass is 15.1. The predicted molar refractivity (Wildman–Crippen MR) is 73.7 cm³/mol. The van der Waals surface area contributed by atoms with Crippen LogP contribution in [0.25, 0.3) is 0 Å². The maximum absolute atomic E-state index is 4.39. The third kappa shape index (κ3) is 2.28. The first-order valence-corrected chi connectivity index (χ1v) is 7.07. The lowest BCUT2D eigenvalue weighted by molar-refractivity contribution is 0.311. The minimum absolute atomic E-state index is 0.686. The molecule has 2 N–H and O–H groups in total. The van der Waals surface area contributed by atoms with Crippen molar-refractivity contribution in [2.75, 3.05) is 24.2 Å². The van der Waals surface area contributed by atoms with Crippen LogP contribution in [0.1, 0.15) is 38.5 Å². The second-order valence-electron chi connectivity index (χ2n) is 5.72. The van der Waals surface area contributed by atoms with E-state index in [0.29, 0.717) is 5.41 Å². The van der Waals surface area contributed by atoms with Gasteiger partial charge in [-0.2, -0.15) is 4.98 Å². The van der Waals surface area contributed by atoms with Gasteiger partial charge in [0.15, 0.2) is 0 Å². The Balaban J connectivity index is 1.53. The van der Waals surface area contributed by atoms with E-state index in [0.717, 1.165) is 24.2 Å². The van der Waals surface area contributed by atoms with Crippen molar-refractivity contribution in [2.24, 2.45) is 11.3 Å². The number of nitrogens with one attached hydrogen (secondary N) is 2. The van der Waals surface area contributed by atoms with Crippen LogP contribution in [-0.2, 0) is 0 Å². The van der Waals surface area contributed by atoms with Gasteiger partial charge in [0.25, 0.3) is 0 Å². The molecule has 2 aliphatic rings. The van der Waals surface area contributed by atoms with Gasteiger partial charge in [-0.25, -0.2) is 4.98 Å². The number of rotatable bonds is 4. The van der Waals surface area contributed by atoms with Crippen molar-refractivity contribution in [2.45, 2.75) is 38.5 Å². The van der Waals surface area contributed by atoms with Crippen LogP contribution < -0.4 is 10.6 Å². The molecule has 0 saturated heterocycles. The van der Waals surface area contributed by atoms with Gasteiger partial charge in [0, 0.05) is 19.8 Å². The Morgan fingerprint density at radius 3 is 2.94 bits per heavy atom. The van der Waals surface area contributed by atoms with E-state index in [1.54, 1.807) is 6.20 Å². The van der Waals surface area contributed by atoms with Gasteiger partial charge >= 0.3 is 0 Å². The van der Waals surface area contributed by atoms with Crippen molar-refractivity contribution < 1.29 is 0 Å². The lowest BCUT2D eigenvalue weighted by atomic mass is 9.84. The molecular formula is C14H22N4. The van der Waals surface area contributed by atoms with E-state index in [9.17, 15) is 0 Å². The summed E-state index contributed by atoms with van der Waals surface area (Å²) in [4.78, 5) is 8.65. The van der Waals surface area contributed by atoms with Crippen LogP contribution in [-0.4, -0.2) is 23.6 Å². The maximum Gasteiger partial charge on any atom is 0.224 e. The van der Waals surface area contributed by atoms with Gasteiger partial charge in [0.2, 0.25) is 5.95 Å². The average molecular weight is 246 g/mol. The molecule has 0 radical (unpaired) electrons. The van der Waals surface area contributed by atoms with Crippen LogP contribution in [0.15, 0.2) is 12.3 Å². The van der Waals surface area contributed by atoms with Crippen molar-refractivity contribution in [1.82, 2.24) is 9.97 Å². The van der Waals surface area contributed by atoms with Gasteiger partial charge in [-0.1, -0.05) is 19.3 Å². The normalized spacial score (nSPS) is 24.8. The quantitative estimate of drug-likeness (QED) is 0.857. The highest BCUT2D eigenvalue weighted by Crippen LogP contribution is 2.61. The number of hydrogen-bond donors (Lipinski definition) is 2. The van der Waals surface area contributed by atoms with Crippen molar-refractivity contribution in [3.8, 4) is 0 Å². The zero-order chi connectivity index (χ0) is 12.4. The molecule has 0 aromatic carbocycles. The summed E-state index contributed by atoms with van der Waals surface area (Å²) in [5, 5.41) is 6.43. The first-order chi connectivity index (χ1) is 8.82. The molecule has 1 aromatic heterocycles. The summed E-state index contributed by atoms with van der Waals surface area (Å²) in [7, 11) is 1.88. The molecule has 4 heteroatoms. The van der Waals surface area contributed by atoms with Crippen LogP contribution in [0.5, 0.6) is 0 Å². The molecule has 0 bridgehead atoms. The number of hydrogen-bond acceptors (Lipinski definition) is 4. The fourth-order valence-electron chi connectivity index (χ4n) is 3.39. The average Bonchev–Trinajstić information content (AvgIpc) is 3.10. The molecule has 1 aromatic rings. The summed E-state index contributed by atoms with van der Waals surface area (Å²) in [6, 6.07) is 1.88. The number of anilines is 2. The third-order valence-electron chi connectivity index (χ3n) is 4.63. The highest BCUT2D eigenvalue weighted by molar-refractivity contribution is 5.38. The molecule has 0 aliphatic heterocycles. The van der Waals surface area contributed by atoms with Crippen molar-refractivity contribution in [3.63, 3.8) is 0 Å². The fraction of sp³-hybridized carbons (Fsp3) is 0.714. The molecule has 1 unspecified atom stereocenters. The molecular weight excluding hydrogens is 224 g/mol. The van der Waals surface area contributed by atoms with Crippen molar-refractivity contribution >= 4 is 11.8 Å². The van der Waals surface area contributed by atoms with E-state index in [1.807, 2.05) is 13.1 Å². The molecule has 1 atom stereocenters. The Morgan fingerprint density at radius 1 is 1.33 bits per heavy atom. The van der Waals surface area contributed by atoms with Crippen molar-refractivity contribution in [1.29, 1.82) is 0 Å². The summed E-state index contributed by atoms with van der Waals surface area (Å²) < 4.78 is 0. The minimum atomic E-state index is 0.686. The van der Waals surface area contributed by atoms with Gasteiger partial charge in [-0.3, -0.25) is 0 Å². The van der Waals surface area contributed by atoms with E-state index >= 15 is 0 Å². The summed E-state index contributed by atoms with van der Waals surface area (Å²) in [6.07, 6.45) is 10.4. The topological polar surface area (TPSA) is 49.8 Å². The van der Waals surface area contributed by atoms with Gasteiger partial charge < -0.3 is 10.6 Å². The van der Waals surface area contributed by atoms with E-state index in [-0.39, 0.29) is 0 Å². The second kappa shape index (κ2) is 4.75. The van der Waals surface area contributed by atoms with Crippen LogP contribution in [0.2, 0.25) is 0 Å². The Morgan fingerprint density at radius 2 is 2.17 bits per heavy atom. The lowest BCUT2D eigenvalue weighted by Gasteiger charge is -2.22. The van der Waals surface area contributed by atoms with Gasteiger partial charge in [0.05, 0.1) is 0 Å². The Labute approximate surface area is 109 Å². The highest BCUT2D eigenvalue weighted by Gasteiger charge is 2.53. The molecule has 3 rings (SSSR count). The lowest BCUT2D eigenvalue weighted by Crippen LogP contribution is -2.15. The first kappa shape index (κ1) is 11.8. The zero-order valence-corrected chi connectivity index (χ0v) is 11.1. The van der Waals surface area contributed by atoms with Crippen LogP contribution in [0, 0.1) is 11.3 Å². The van der Waals surface area contributed by atoms with Crippen LogP contribution in [0.4, 0.5) is 11.8 Å². The largest absolute Gasteiger partial charge is 0.373 e. The summed E-state index contributed by atoms with van der Waals surface area (Å²) >= 11 is 0. The minimum Gasteiger partial charge on any atom is -0.373 e. The molecule has 2 aliphatic carbocycles. The van der Waals surface area contributed by atoms with Crippen LogP contribution >= 0.6 is 0 Å². The number of nitrogens with zero attached hydrogens (tertiary/aromatic N) is 2. The Hall–Kier alpha value is -1.32. The molecule has 0 amide bonds. The van der Waals surface area contributed by atoms with E-state index in [4.69, 9.17) is 0 Å². The second-order valence-corrected chi connectivity index (χ2v) is 5.72. The van der Waals surface area contributed by atoms with E-state index in [1.165, 1.54) is 38.5 Å². The zero-order valence-electron chi connectivity index (χ0n) is 11.1. The Bertz CT molecular complexity index is 412.